The molecule has 0 spiro atoms. The minimum Gasteiger partial charge on any atom is -0.312 e. The molecule has 0 saturated heterocycles. The van der Waals surface area contributed by atoms with Gasteiger partial charge in [-0.15, -0.1) is 11.6 Å². The first kappa shape index (κ1) is 13.8. The molecule has 1 saturated carbocycles. The zero-order valence-corrected chi connectivity index (χ0v) is 11.0. The maximum atomic E-state index is 13.4. The third-order valence-corrected chi connectivity index (χ3v) is 3.91. The molecular weight excluding hydrogens is 256 g/mol. The molecule has 1 nitrogen and oxygen atoms in total. The predicted molar refractivity (Wildman–Crippen MR) is 69.7 cm³/mol. The molecule has 100 valence electrons. The topological polar surface area (TPSA) is 12.0 Å². The molecule has 2 rings (SSSR count). The fourth-order valence-corrected chi connectivity index (χ4v) is 2.92. The summed E-state index contributed by atoms with van der Waals surface area (Å²) in [5, 5.41) is 3.39. The normalized spacial score (nSPS) is 24.2. The molecule has 2 atom stereocenters. The zero-order valence-electron chi connectivity index (χ0n) is 10.3. The van der Waals surface area contributed by atoms with Crippen LogP contribution in [0.15, 0.2) is 18.2 Å². The fraction of sp³-hybridized carbons (Fsp3) is 0.571. The van der Waals surface area contributed by atoms with Crippen LogP contribution in [0.5, 0.6) is 0 Å². The summed E-state index contributed by atoms with van der Waals surface area (Å²) >= 11 is 6.11. The largest absolute Gasteiger partial charge is 0.312 e. The highest BCUT2D eigenvalue weighted by Crippen LogP contribution is 2.27. The highest BCUT2D eigenvalue weighted by atomic mass is 35.5. The van der Waals surface area contributed by atoms with Crippen LogP contribution >= 0.6 is 11.6 Å². The van der Waals surface area contributed by atoms with Crippen LogP contribution in [-0.2, 0) is 6.54 Å². The summed E-state index contributed by atoms with van der Waals surface area (Å²) in [7, 11) is 0. The molecule has 18 heavy (non-hydrogen) atoms. The lowest BCUT2D eigenvalue weighted by atomic mass is 9.89. The van der Waals surface area contributed by atoms with Crippen LogP contribution in [0.4, 0.5) is 8.78 Å². The molecule has 2 unspecified atom stereocenters. The van der Waals surface area contributed by atoms with Gasteiger partial charge in [0.2, 0.25) is 0 Å². The Labute approximate surface area is 112 Å². The van der Waals surface area contributed by atoms with Crippen molar-refractivity contribution in [1.82, 2.24) is 5.32 Å². The van der Waals surface area contributed by atoms with Crippen LogP contribution in [0.1, 0.15) is 31.2 Å². The molecule has 0 aromatic heterocycles. The Morgan fingerprint density at radius 1 is 1.22 bits per heavy atom. The average molecular weight is 274 g/mol. The van der Waals surface area contributed by atoms with Crippen LogP contribution < -0.4 is 5.32 Å². The van der Waals surface area contributed by atoms with Crippen molar-refractivity contribution in [3.05, 3.63) is 35.4 Å². The van der Waals surface area contributed by atoms with E-state index in [4.69, 9.17) is 11.6 Å². The monoisotopic (exact) mass is 273 g/mol. The van der Waals surface area contributed by atoms with Crippen LogP contribution in [0.25, 0.3) is 0 Å². The van der Waals surface area contributed by atoms with E-state index < -0.39 is 11.6 Å². The number of rotatable bonds is 4. The van der Waals surface area contributed by atoms with Crippen molar-refractivity contribution < 1.29 is 8.78 Å². The first-order valence-corrected chi connectivity index (χ1v) is 6.88. The highest BCUT2D eigenvalue weighted by Gasteiger charge is 2.20. The Bertz CT molecular complexity index is 377. The number of halogens is 3. The first-order chi connectivity index (χ1) is 8.66. The van der Waals surface area contributed by atoms with Crippen LogP contribution in [0.3, 0.4) is 0 Å². The van der Waals surface area contributed by atoms with Gasteiger partial charge in [-0.1, -0.05) is 12.5 Å². The zero-order chi connectivity index (χ0) is 13.0. The van der Waals surface area contributed by atoms with Gasteiger partial charge in [0.15, 0.2) is 0 Å². The number of alkyl halides is 1. The summed E-state index contributed by atoms with van der Waals surface area (Å²) in [4.78, 5) is 0. The van der Waals surface area contributed by atoms with Crippen LogP contribution in [0, 0.1) is 17.6 Å². The fourth-order valence-electron chi connectivity index (χ4n) is 2.51. The molecular formula is C14H18ClF2N. The average Bonchev–Trinajstić information content (AvgIpc) is 2.33. The summed E-state index contributed by atoms with van der Waals surface area (Å²) in [5.41, 5.74) is 0.121. The molecule has 0 radical (unpaired) electrons. The molecule has 4 heteroatoms. The highest BCUT2D eigenvalue weighted by molar-refractivity contribution is 6.20. The quantitative estimate of drug-likeness (QED) is 0.822. The van der Waals surface area contributed by atoms with Crippen molar-refractivity contribution in [3.63, 3.8) is 0 Å². The van der Waals surface area contributed by atoms with Crippen molar-refractivity contribution in [2.45, 2.75) is 37.6 Å². The molecule has 0 bridgehead atoms. The van der Waals surface area contributed by atoms with E-state index in [1.807, 2.05) is 0 Å². The molecule has 0 aliphatic heterocycles. The summed E-state index contributed by atoms with van der Waals surface area (Å²) in [5.74, 6) is -0.446. The Morgan fingerprint density at radius 3 is 2.61 bits per heavy atom. The van der Waals surface area contributed by atoms with Gasteiger partial charge in [0, 0.05) is 17.5 Å². The maximum absolute atomic E-state index is 13.4. The van der Waals surface area contributed by atoms with Crippen molar-refractivity contribution in [2.24, 2.45) is 5.92 Å². The van der Waals surface area contributed by atoms with Gasteiger partial charge in [-0.3, -0.25) is 0 Å². The molecule has 1 aliphatic carbocycles. The molecule has 0 heterocycles. The Hall–Kier alpha value is -0.670. The van der Waals surface area contributed by atoms with E-state index in [-0.39, 0.29) is 17.5 Å². The molecule has 1 aromatic rings. The van der Waals surface area contributed by atoms with Gasteiger partial charge in [-0.2, -0.15) is 0 Å². The lowest BCUT2D eigenvalue weighted by Gasteiger charge is -2.25. The van der Waals surface area contributed by atoms with Gasteiger partial charge < -0.3 is 5.32 Å². The van der Waals surface area contributed by atoms with E-state index in [0.29, 0.717) is 5.92 Å². The number of hydrogen-bond acceptors (Lipinski definition) is 1. The standard InChI is InChI=1S/C14H18ClF2N/c15-11-4-1-3-10(7-11)8-18-9-12-13(16)5-2-6-14(12)17/h2,5-6,10-11,18H,1,3-4,7-9H2. The van der Waals surface area contributed by atoms with Crippen molar-refractivity contribution in [3.8, 4) is 0 Å². The second-order valence-electron chi connectivity index (χ2n) is 4.96. The van der Waals surface area contributed by atoms with Crippen molar-refractivity contribution in [1.29, 1.82) is 0 Å². The second-order valence-corrected chi connectivity index (χ2v) is 5.58. The Balaban J connectivity index is 1.81. The molecule has 0 amide bonds. The van der Waals surface area contributed by atoms with Gasteiger partial charge >= 0.3 is 0 Å². The van der Waals surface area contributed by atoms with Gasteiger partial charge in [0.1, 0.15) is 11.6 Å². The molecule has 1 N–H and O–H groups in total. The first-order valence-electron chi connectivity index (χ1n) is 6.44. The van der Waals surface area contributed by atoms with E-state index in [1.165, 1.54) is 18.2 Å². The smallest absolute Gasteiger partial charge is 0.130 e. The van der Waals surface area contributed by atoms with E-state index in [2.05, 4.69) is 5.32 Å². The van der Waals surface area contributed by atoms with Crippen molar-refractivity contribution in [2.75, 3.05) is 6.54 Å². The number of hydrogen-bond donors (Lipinski definition) is 1. The second kappa shape index (κ2) is 6.48. The minimum absolute atomic E-state index is 0.121. The maximum Gasteiger partial charge on any atom is 0.130 e. The van der Waals surface area contributed by atoms with E-state index in [0.717, 1.165) is 32.2 Å². The summed E-state index contributed by atoms with van der Waals surface area (Å²) < 4.78 is 26.8. The molecule has 1 aromatic carbocycles. The third-order valence-electron chi connectivity index (χ3n) is 3.52. The van der Waals surface area contributed by atoms with Gasteiger partial charge in [-0.05, 0) is 43.9 Å². The number of nitrogens with one attached hydrogen (secondary N) is 1. The lowest BCUT2D eigenvalue weighted by Crippen LogP contribution is -2.27. The predicted octanol–water partition coefficient (Wildman–Crippen LogP) is 3.85. The van der Waals surface area contributed by atoms with E-state index in [1.54, 1.807) is 0 Å². The molecule has 1 fully saturated rings. The van der Waals surface area contributed by atoms with Crippen LogP contribution in [0.2, 0.25) is 0 Å². The third kappa shape index (κ3) is 3.66. The number of benzene rings is 1. The lowest BCUT2D eigenvalue weighted by molar-refractivity contribution is 0.344. The van der Waals surface area contributed by atoms with Crippen molar-refractivity contribution >= 4 is 11.6 Å². The Kier molecular flexibility index (Phi) is 4.95. The molecule has 1 aliphatic rings. The van der Waals surface area contributed by atoms with E-state index >= 15 is 0 Å². The van der Waals surface area contributed by atoms with Crippen LogP contribution in [-0.4, -0.2) is 11.9 Å². The van der Waals surface area contributed by atoms with Gasteiger partial charge in [-0.25, -0.2) is 8.78 Å². The minimum atomic E-state index is -0.485. The van der Waals surface area contributed by atoms with E-state index in [9.17, 15) is 8.78 Å². The van der Waals surface area contributed by atoms with Gasteiger partial charge in [0.05, 0.1) is 0 Å². The van der Waals surface area contributed by atoms with Gasteiger partial charge in [0.25, 0.3) is 0 Å². The summed E-state index contributed by atoms with van der Waals surface area (Å²) in [6.45, 7) is 1.01. The summed E-state index contributed by atoms with van der Waals surface area (Å²) in [6.07, 6.45) is 4.37. The SMILES string of the molecule is Fc1cccc(F)c1CNCC1CCCC(Cl)C1. The Morgan fingerprint density at radius 2 is 1.94 bits per heavy atom. The summed E-state index contributed by atoms with van der Waals surface area (Å²) in [6, 6.07) is 3.96.